The second-order valence-electron chi connectivity index (χ2n) is 5.93. The van der Waals surface area contributed by atoms with Crippen LogP contribution in [0.1, 0.15) is 22.4 Å². The fraction of sp³-hybridized carbons (Fsp3) is 0.389. The average Bonchev–Trinajstić information content (AvgIpc) is 3.06. The number of benzene rings is 1. The Balaban J connectivity index is 1.44. The first-order valence-electron chi connectivity index (χ1n) is 8.09. The molecular weight excluding hydrogens is 306 g/mol. The van der Waals surface area contributed by atoms with Crippen LogP contribution in [0, 0.1) is 0 Å². The van der Waals surface area contributed by atoms with Crippen LogP contribution in [0.5, 0.6) is 0 Å². The number of carbonyl (C=O) groups excluding carboxylic acids is 1. The van der Waals surface area contributed by atoms with Gasteiger partial charge < -0.3 is 15.5 Å². The van der Waals surface area contributed by atoms with Gasteiger partial charge in [-0.15, -0.1) is 11.3 Å². The number of hydrogen-bond donors (Lipinski definition) is 2. The van der Waals surface area contributed by atoms with Crippen molar-refractivity contribution in [3.05, 3.63) is 51.7 Å². The monoisotopic (exact) mass is 329 g/mol. The molecule has 122 valence electrons. The van der Waals surface area contributed by atoms with Crippen LogP contribution in [-0.4, -0.2) is 26.2 Å². The van der Waals surface area contributed by atoms with Crippen molar-refractivity contribution in [1.82, 2.24) is 10.6 Å². The number of hydrogen-bond acceptors (Lipinski definition) is 3. The molecule has 0 radical (unpaired) electrons. The lowest BCUT2D eigenvalue weighted by Gasteiger charge is -2.27. The number of amides is 2. The van der Waals surface area contributed by atoms with E-state index in [-0.39, 0.29) is 6.03 Å². The smallest absolute Gasteiger partial charge is 0.315 e. The Morgan fingerprint density at radius 1 is 1.30 bits per heavy atom. The van der Waals surface area contributed by atoms with E-state index in [4.69, 9.17) is 0 Å². The largest absolute Gasteiger partial charge is 0.374 e. The van der Waals surface area contributed by atoms with Crippen molar-refractivity contribution in [3.63, 3.8) is 0 Å². The first kappa shape index (κ1) is 15.9. The molecule has 2 N–H and O–H groups in total. The Hall–Kier alpha value is -2.01. The van der Waals surface area contributed by atoms with E-state index >= 15 is 0 Å². The van der Waals surface area contributed by atoms with Crippen LogP contribution >= 0.6 is 11.3 Å². The van der Waals surface area contributed by atoms with Gasteiger partial charge in [0, 0.05) is 30.7 Å². The summed E-state index contributed by atoms with van der Waals surface area (Å²) in [6.07, 6.45) is 3.24. The topological polar surface area (TPSA) is 44.4 Å². The summed E-state index contributed by atoms with van der Waals surface area (Å²) in [6.45, 7) is 2.39. The lowest BCUT2D eigenvalue weighted by atomic mass is 9.98. The summed E-state index contributed by atoms with van der Waals surface area (Å²) in [6, 6.07) is 10.6. The SMILES string of the molecule is CN1CCCc2cc(CCNC(=O)NCc3cccs3)ccc21. The van der Waals surface area contributed by atoms with Crippen molar-refractivity contribution < 1.29 is 4.79 Å². The molecule has 0 unspecified atom stereocenters. The van der Waals surface area contributed by atoms with E-state index in [9.17, 15) is 4.79 Å². The summed E-state index contributed by atoms with van der Waals surface area (Å²) < 4.78 is 0. The summed E-state index contributed by atoms with van der Waals surface area (Å²) in [7, 11) is 2.15. The van der Waals surface area contributed by atoms with Gasteiger partial charge in [-0.1, -0.05) is 18.2 Å². The first-order valence-corrected chi connectivity index (χ1v) is 8.97. The van der Waals surface area contributed by atoms with Crippen LogP contribution in [-0.2, 0) is 19.4 Å². The van der Waals surface area contributed by atoms with Crippen molar-refractivity contribution in [2.75, 3.05) is 25.0 Å². The van der Waals surface area contributed by atoms with Gasteiger partial charge in [-0.25, -0.2) is 4.79 Å². The van der Waals surface area contributed by atoms with Crippen molar-refractivity contribution in [1.29, 1.82) is 0 Å². The minimum Gasteiger partial charge on any atom is -0.374 e. The second-order valence-corrected chi connectivity index (χ2v) is 6.96. The van der Waals surface area contributed by atoms with Crippen molar-refractivity contribution in [3.8, 4) is 0 Å². The van der Waals surface area contributed by atoms with E-state index < -0.39 is 0 Å². The standard InChI is InChI=1S/C18H23N3OS/c1-21-10-2-4-15-12-14(6-7-17(15)21)8-9-19-18(22)20-13-16-5-3-11-23-16/h3,5-7,11-12H,2,4,8-10,13H2,1H3,(H2,19,20,22). The van der Waals surface area contributed by atoms with E-state index in [1.54, 1.807) is 11.3 Å². The minimum atomic E-state index is -0.101. The Bertz CT molecular complexity index is 654. The van der Waals surface area contributed by atoms with Gasteiger partial charge in [0.15, 0.2) is 0 Å². The number of nitrogens with one attached hydrogen (secondary N) is 2. The number of thiophene rings is 1. The summed E-state index contributed by atoms with van der Waals surface area (Å²) in [5, 5.41) is 7.82. The maximum Gasteiger partial charge on any atom is 0.315 e. The normalized spacial score (nSPS) is 13.5. The molecule has 0 saturated heterocycles. The molecule has 1 aliphatic heterocycles. The third kappa shape index (κ3) is 4.26. The Morgan fingerprint density at radius 3 is 3.04 bits per heavy atom. The van der Waals surface area contributed by atoms with Crippen LogP contribution in [0.4, 0.5) is 10.5 Å². The van der Waals surface area contributed by atoms with Gasteiger partial charge in [-0.05, 0) is 47.9 Å². The van der Waals surface area contributed by atoms with E-state index in [2.05, 4.69) is 40.8 Å². The molecule has 23 heavy (non-hydrogen) atoms. The lowest BCUT2D eigenvalue weighted by molar-refractivity contribution is 0.240. The molecule has 3 rings (SSSR count). The van der Waals surface area contributed by atoms with Gasteiger partial charge in [0.1, 0.15) is 0 Å². The molecule has 4 nitrogen and oxygen atoms in total. The van der Waals surface area contributed by atoms with Crippen LogP contribution in [0.15, 0.2) is 35.7 Å². The van der Waals surface area contributed by atoms with Crippen LogP contribution in [0.2, 0.25) is 0 Å². The zero-order valence-electron chi connectivity index (χ0n) is 13.5. The molecule has 0 fully saturated rings. The zero-order chi connectivity index (χ0) is 16.1. The molecule has 1 aromatic carbocycles. The molecule has 1 aromatic heterocycles. The maximum atomic E-state index is 11.8. The number of aryl methyl sites for hydroxylation is 1. The van der Waals surface area contributed by atoms with Crippen LogP contribution < -0.4 is 15.5 Å². The van der Waals surface area contributed by atoms with Gasteiger partial charge in [0.25, 0.3) is 0 Å². The highest BCUT2D eigenvalue weighted by Crippen LogP contribution is 2.26. The Kier molecular flexibility index (Phi) is 5.18. The molecule has 0 bridgehead atoms. The molecule has 2 heterocycles. The fourth-order valence-corrected chi connectivity index (χ4v) is 3.60. The summed E-state index contributed by atoms with van der Waals surface area (Å²) in [5.41, 5.74) is 4.07. The molecule has 0 saturated carbocycles. The summed E-state index contributed by atoms with van der Waals surface area (Å²) in [5.74, 6) is 0. The van der Waals surface area contributed by atoms with Gasteiger partial charge in [0.05, 0.1) is 6.54 Å². The minimum absolute atomic E-state index is 0.101. The molecule has 0 aliphatic carbocycles. The molecule has 5 heteroatoms. The van der Waals surface area contributed by atoms with Crippen LogP contribution in [0.25, 0.3) is 0 Å². The fourth-order valence-electron chi connectivity index (χ4n) is 2.96. The number of carbonyl (C=O) groups is 1. The summed E-state index contributed by atoms with van der Waals surface area (Å²) >= 11 is 1.65. The quantitative estimate of drug-likeness (QED) is 0.885. The van der Waals surface area contributed by atoms with Gasteiger partial charge in [-0.2, -0.15) is 0 Å². The van der Waals surface area contributed by atoms with Gasteiger partial charge >= 0.3 is 6.03 Å². The molecular formula is C18H23N3OS. The van der Waals surface area contributed by atoms with E-state index in [0.29, 0.717) is 13.1 Å². The number of rotatable bonds is 5. The van der Waals surface area contributed by atoms with Gasteiger partial charge in [0.2, 0.25) is 0 Å². The number of fused-ring (bicyclic) bond motifs is 1. The number of urea groups is 1. The predicted octanol–water partition coefficient (Wildman–Crippen LogP) is 3.17. The van der Waals surface area contributed by atoms with E-state index in [0.717, 1.165) is 19.4 Å². The molecule has 2 aromatic rings. The van der Waals surface area contributed by atoms with E-state index in [1.807, 2.05) is 17.5 Å². The number of anilines is 1. The predicted molar refractivity (Wildman–Crippen MR) is 96.3 cm³/mol. The summed E-state index contributed by atoms with van der Waals surface area (Å²) in [4.78, 5) is 15.3. The highest BCUT2D eigenvalue weighted by atomic mass is 32.1. The Morgan fingerprint density at radius 2 is 2.22 bits per heavy atom. The molecule has 2 amide bonds. The van der Waals surface area contributed by atoms with Crippen LogP contribution in [0.3, 0.4) is 0 Å². The van der Waals surface area contributed by atoms with Crippen molar-refractivity contribution in [2.24, 2.45) is 0 Å². The number of nitrogens with zero attached hydrogens (tertiary/aromatic N) is 1. The van der Waals surface area contributed by atoms with Crippen molar-refractivity contribution >= 4 is 23.1 Å². The highest BCUT2D eigenvalue weighted by Gasteiger charge is 2.13. The molecule has 0 spiro atoms. The second kappa shape index (κ2) is 7.51. The average molecular weight is 329 g/mol. The highest BCUT2D eigenvalue weighted by molar-refractivity contribution is 7.09. The third-order valence-electron chi connectivity index (χ3n) is 4.20. The zero-order valence-corrected chi connectivity index (χ0v) is 14.3. The maximum absolute atomic E-state index is 11.8. The third-order valence-corrected chi connectivity index (χ3v) is 5.07. The Labute approximate surface area is 141 Å². The first-order chi connectivity index (χ1) is 11.2. The van der Waals surface area contributed by atoms with E-state index in [1.165, 1.54) is 28.1 Å². The van der Waals surface area contributed by atoms with Crippen molar-refractivity contribution in [2.45, 2.75) is 25.8 Å². The molecule has 0 atom stereocenters. The van der Waals surface area contributed by atoms with Gasteiger partial charge in [-0.3, -0.25) is 0 Å². The lowest BCUT2D eigenvalue weighted by Crippen LogP contribution is -2.36. The molecule has 1 aliphatic rings.